The van der Waals surface area contributed by atoms with E-state index in [0.717, 1.165) is 37.6 Å². The van der Waals surface area contributed by atoms with Crippen LogP contribution in [0.2, 0.25) is 0 Å². The van der Waals surface area contributed by atoms with E-state index in [2.05, 4.69) is 25.7 Å². The Morgan fingerprint density at radius 3 is 2.52 bits per heavy atom. The van der Waals surface area contributed by atoms with E-state index in [-0.39, 0.29) is 0 Å². The molecule has 128 valence electrons. The monoisotopic (exact) mass is 322 g/mol. The molecule has 0 bridgehead atoms. The summed E-state index contributed by atoms with van der Waals surface area (Å²) in [6, 6.07) is 7.48. The molecule has 7 nitrogen and oxygen atoms in total. The van der Waals surface area contributed by atoms with Gasteiger partial charge in [0.15, 0.2) is 5.96 Å². The van der Waals surface area contributed by atoms with E-state index in [1.807, 2.05) is 31.2 Å². The van der Waals surface area contributed by atoms with Gasteiger partial charge in [-0.1, -0.05) is 12.1 Å². The number of nitrogens with one attached hydrogen (secondary N) is 3. The number of aliphatic imine (C=N–C) groups is 1. The average molecular weight is 322 g/mol. The summed E-state index contributed by atoms with van der Waals surface area (Å²) in [4.78, 5) is 15.6. The summed E-state index contributed by atoms with van der Waals surface area (Å²) in [7, 11) is 3.03. The number of benzene rings is 1. The highest BCUT2D eigenvalue weighted by Gasteiger charge is 2.01. The first-order chi connectivity index (χ1) is 11.2. The van der Waals surface area contributed by atoms with Crippen LogP contribution < -0.4 is 16.0 Å². The molecule has 0 aliphatic heterocycles. The zero-order valence-electron chi connectivity index (χ0n) is 14.0. The van der Waals surface area contributed by atoms with Gasteiger partial charge in [-0.25, -0.2) is 9.79 Å². The Labute approximate surface area is 137 Å². The third-order valence-corrected chi connectivity index (χ3v) is 2.97. The number of carbonyl (C=O) groups excluding carboxylic acids is 1. The third kappa shape index (κ3) is 8.06. The Hall–Kier alpha value is -2.28. The number of anilines is 1. The summed E-state index contributed by atoms with van der Waals surface area (Å²) in [6.07, 6.45) is 0.444. The van der Waals surface area contributed by atoms with Gasteiger partial charge in [0, 0.05) is 32.5 Å². The van der Waals surface area contributed by atoms with E-state index in [1.54, 1.807) is 7.11 Å². The van der Waals surface area contributed by atoms with Crippen molar-refractivity contribution in [2.45, 2.75) is 19.9 Å². The molecule has 23 heavy (non-hydrogen) atoms. The minimum atomic E-state index is -0.481. The van der Waals surface area contributed by atoms with Gasteiger partial charge in [-0.15, -0.1) is 0 Å². The SMILES string of the molecule is CCNC(=NCc1ccc(NC(=O)OC)cc1)NCCCOC. The molecule has 1 rings (SSSR count). The molecule has 0 aliphatic carbocycles. The fourth-order valence-corrected chi connectivity index (χ4v) is 1.80. The van der Waals surface area contributed by atoms with Crippen LogP contribution in [-0.4, -0.2) is 46.0 Å². The lowest BCUT2D eigenvalue weighted by Gasteiger charge is -2.11. The predicted molar refractivity (Wildman–Crippen MR) is 91.8 cm³/mol. The molecule has 1 aromatic carbocycles. The Morgan fingerprint density at radius 1 is 1.17 bits per heavy atom. The minimum Gasteiger partial charge on any atom is -0.453 e. The fraction of sp³-hybridized carbons (Fsp3) is 0.500. The minimum absolute atomic E-state index is 0.481. The molecule has 3 N–H and O–H groups in total. The van der Waals surface area contributed by atoms with Crippen LogP contribution in [0.1, 0.15) is 18.9 Å². The summed E-state index contributed by atoms with van der Waals surface area (Å²) >= 11 is 0. The first-order valence-corrected chi connectivity index (χ1v) is 7.64. The molecule has 0 heterocycles. The fourth-order valence-electron chi connectivity index (χ4n) is 1.80. The van der Waals surface area contributed by atoms with Crippen LogP contribution in [0.4, 0.5) is 10.5 Å². The first-order valence-electron chi connectivity index (χ1n) is 7.64. The van der Waals surface area contributed by atoms with Gasteiger partial charge in [-0.2, -0.15) is 0 Å². The van der Waals surface area contributed by atoms with Crippen molar-refractivity contribution in [3.05, 3.63) is 29.8 Å². The number of hydrogen-bond donors (Lipinski definition) is 3. The molecule has 0 aliphatic rings. The molecule has 0 unspecified atom stereocenters. The zero-order chi connectivity index (χ0) is 16.9. The van der Waals surface area contributed by atoms with Crippen LogP contribution in [0, 0.1) is 0 Å². The van der Waals surface area contributed by atoms with E-state index < -0.39 is 6.09 Å². The van der Waals surface area contributed by atoms with Crippen LogP contribution in [-0.2, 0) is 16.0 Å². The van der Waals surface area contributed by atoms with Gasteiger partial charge in [0.25, 0.3) is 0 Å². The standard InChI is InChI=1S/C16H26N4O3/c1-4-17-15(18-10-5-11-22-2)19-12-13-6-8-14(9-7-13)20-16(21)23-3/h6-9H,4-5,10-12H2,1-3H3,(H,20,21)(H2,17,18,19). The van der Waals surface area contributed by atoms with E-state index in [4.69, 9.17) is 4.74 Å². The molecular formula is C16H26N4O3. The largest absolute Gasteiger partial charge is 0.453 e. The first kappa shape index (κ1) is 18.8. The lowest BCUT2D eigenvalue weighted by atomic mass is 10.2. The van der Waals surface area contributed by atoms with Crippen LogP contribution >= 0.6 is 0 Å². The van der Waals surface area contributed by atoms with Gasteiger partial charge in [0.2, 0.25) is 0 Å². The van der Waals surface area contributed by atoms with Crippen molar-refractivity contribution in [3.8, 4) is 0 Å². The highest BCUT2D eigenvalue weighted by Crippen LogP contribution is 2.10. The number of amides is 1. The summed E-state index contributed by atoms with van der Waals surface area (Å²) in [5.74, 6) is 0.778. The number of rotatable bonds is 8. The topological polar surface area (TPSA) is 84.0 Å². The maximum atomic E-state index is 11.1. The van der Waals surface area contributed by atoms with Gasteiger partial charge >= 0.3 is 6.09 Å². The second-order valence-electron chi connectivity index (χ2n) is 4.78. The zero-order valence-corrected chi connectivity index (χ0v) is 14.0. The third-order valence-electron chi connectivity index (χ3n) is 2.97. The smallest absolute Gasteiger partial charge is 0.411 e. The Balaban J connectivity index is 2.52. The van der Waals surface area contributed by atoms with Crippen LogP contribution in [0.25, 0.3) is 0 Å². The van der Waals surface area contributed by atoms with Crippen molar-refractivity contribution < 1.29 is 14.3 Å². The second-order valence-corrected chi connectivity index (χ2v) is 4.78. The summed E-state index contributed by atoms with van der Waals surface area (Å²) in [5.41, 5.74) is 1.74. The normalized spacial score (nSPS) is 11.0. The molecule has 7 heteroatoms. The summed E-state index contributed by atoms with van der Waals surface area (Å²) in [5, 5.41) is 9.07. The van der Waals surface area contributed by atoms with Crippen molar-refractivity contribution in [1.82, 2.24) is 10.6 Å². The van der Waals surface area contributed by atoms with Gasteiger partial charge in [-0.3, -0.25) is 5.32 Å². The van der Waals surface area contributed by atoms with Gasteiger partial charge in [0.05, 0.1) is 13.7 Å². The van der Waals surface area contributed by atoms with E-state index in [9.17, 15) is 4.79 Å². The average Bonchev–Trinajstić information content (AvgIpc) is 2.57. The van der Waals surface area contributed by atoms with E-state index in [0.29, 0.717) is 12.2 Å². The highest BCUT2D eigenvalue weighted by molar-refractivity contribution is 5.84. The molecule has 0 fully saturated rings. The number of ether oxygens (including phenoxy) is 2. The molecule has 0 saturated carbocycles. The Kier molecular flexibility index (Phi) is 9.23. The highest BCUT2D eigenvalue weighted by atomic mass is 16.5. The van der Waals surface area contributed by atoms with Crippen LogP contribution in [0.15, 0.2) is 29.3 Å². The number of hydrogen-bond acceptors (Lipinski definition) is 4. The quantitative estimate of drug-likeness (QED) is 0.387. The molecular weight excluding hydrogens is 296 g/mol. The molecule has 0 radical (unpaired) electrons. The van der Waals surface area contributed by atoms with Gasteiger partial charge < -0.3 is 20.1 Å². The number of carbonyl (C=O) groups is 1. The number of nitrogens with zero attached hydrogens (tertiary/aromatic N) is 1. The number of methoxy groups -OCH3 is 2. The van der Waals surface area contributed by atoms with Crippen molar-refractivity contribution in [2.24, 2.45) is 4.99 Å². The van der Waals surface area contributed by atoms with Crippen molar-refractivity contribution >= 4 is 17.7 Å². The molecule has 0 atom stereocenters. The lowest BCUT2D eigenvalue weighted by Crippen LogP contribution is -2.38. The lowest BCUT2D eigenvalue weighted by molar-refractivity contribution is 0.187. The number of guanidine groups is 1. The Morgan fingerprint density at radius 2 is 1.91 bits per heavy atom. The van der Waals surface area contributed by atoms with Crippen LogP contribution in [0.5, 0.6) is 0 Å². The van der Waals surface area contributed by atoms with Gasteiger partial charge in [0.1, 0.15) is 0 Å². The summed E-state index contributed by atoms with van der Waals surface area (Å²) in [6.45, 7) is 4.92. The second kappa shape index (κ2) is 11.3. The van der Waals surface area contributed by atoms with E-state index in [1.165, 1.54) is 7.11 Å². The predicted octanol–water partition coefficient (Wildman–Crippen LogP) is 1.96. The maximum absolute atomic E-state index is 11.1. The molecule has 0 aromatic heterocycles. The molecule has 0 spiro atoms. The van der Waals surface area contributed by atoms with Gasteiger partial charge in [-0.05, 0) is 31.0 Å². The summed E-state index contributed by atoms with van der Waals surface area (Å²) < 4.78 is 9.57. The van der Waals surface area contributed by atoms with E-state index >= 15 is 0 Å². The van der Waals surface area contributed by atoms with Crippen LogP contribution in [0.3, 0.4) is 0 Å². The van der Waals surface area contributed by atoms with Crippen molar-refractivity contribution in [2.75, 3.05) is 39.2 Å². The Bertz CT molecular complexity index is 489. The molecule has 1 aromatic rings. The molecule has 1 amide bonds. The maximum Gasteiger partial charge on any atom is 0.411 e. The van der Waals surface area contributed by atoms with Crippen molar-refractivity contribution in [1.29, 1.82) is 0 Å². The van der Waals surface area contributed by atoms with Crippen molar-refractivity contribution in [3.63, 3.8) is 0 Å². The molecule has 0 saturated heterocycles.